The third kappa shape index (κ3) is 6.71. The number of nitrogens with one attached hydrogen (secondary N) is 2. The van der Waals surface area contributed by atoms with Gasteiger partial charge < -0.3 is 32.7 Å². The highest BCUT2D eigenvalue weighted by Crippen LogP contribution is 2.23. The van der Waals surface area contributed by atoms with Crippen LogP contribution in [-0.2, 0) is 4.79 Å². The number of anilines is 3. The predicted octanol–water partition coefficient (Wildman–Crippen LogP) is 1.70. The molecular formula is C23H28ClN4O2-. The average molecular weight is 428 g/mol. The van der Waals surface area contributed by atoms with Crippen molar-refractivity contribution in [3.05, 3.63) is 59.8 Å². The van der Waals surface area contributed by atoms with Crippen LogP contribution in [0.1, 0.15) is 26.3 Å². The Morgan fingerprint density at radius 2 is 1.80 bits per heavy atom. The first kappa shape index (κ1) is 24.9. The molecule has 1 amide bonds. The first-order valence-electron chi connectivity index (χ1n) is 9.78. The summed E-state index contributed by atoms with van der Waals surface area (Å²) in [7, 11) is 0. The zero-order chi connectivity index (χ0) is 21.2. The molecule has 2 rings (SSSR count). The first-order valence-corrected chi connectivity index (χ1v) is 9.78. The molecule has 0 unspecified atom stereocenters. The summed E-state index contributed by atoms with van der Waals surface area (Å²) in [4.78, 5) is 14.7. The molecule has 6 nitrogen and oxygen atoms in total. The number of amides is 1. The Morgan fingerprint density at radius 3 is 2.33 bits per heavy atom. The molecule has 0 aliphatic rings. The topological polar surface area (TPSA) is 77.4 Å². The molecule has 30 heavy (non-hydrogen) atoms. The standard InChI is InChI=1S/C23H28N4O2.ClH/c1-5-27(6-2)20-10-13-22(17(4)14-20)25-16-18(15-24)23(28)26-19-8-11-21(12-9-19)29-7-3;/h8-14,16,25H,5-7H2,1-4H3,(H,26,28);1H/p-1/b18-16-;. The van der Waals surface area contributed by atoms with Gasteiger partial charge in [0, 0.05) is 36.4 Å². The fourth-order valence-corrected chi connectivity index (χ4v) is 2.89. The number of nitrogens with zero attached hydrogens (tertiary/aromatic N) is 2. The van der Waals surface area contributed by atoms with E-state index >= 15 is 0 Å². The molecule has 0 bridgehead atoms. The summed E-state index contributed by atoms with van der Waals surface area (Å²) in [5.74, 6) is 0.258. The molecule has 0 aliphatic carbocycles. The van der Waals surface area contributed by atoms with Crippen molar-refractivity contribution < 1.29 is 21.9 Å². The van der Waals surface area contributed by atoms with E-state index in [9.17, 15) is 10.1 Å². The van der Waals surface area contributed by atoms with Gasteiger partial charge in [-0.1, -0.05) is 0 Å². The summed E-state index contributed by atoms with van der Waals surface area (Å²) >= 11 is 0. The molecule has 0 saturated heterocycles. The van der Waals surface area contributed by atoms with Gasteiger partial charge in [-0.15, -0.1) is 0 Å². The van der Waals surface area contributed by atoms with Gasteiger partial charge >= 0.3 is 0 Å². The highest BCUT2D eigenvalue weighted by molar-refractivity contribution is 6.06. The van der Waals surface area contributed by atoms with Gasteiger partial charge in [-0.3, -0.25) is 4.79 Å². The smallest absolute Gasteiger partial charge is 0.267 e. The third-order valence-corrected chi connectivity index (χ3v) is 4.50. The molecule has 160 valence electrons. The second-order valence-corrected chi connectivity index (χ2v) is 6.40. The van der Waals surface area contributed by atoms with Crippen molar-refractivity contribution in [1.29, 1.82) is 5.26 Å². The Kier molecular flexibility index (Phi) is 10.3. The van der Waals surface area contributed by atoms with Gasteiger partial charge in [0.05, 0.1) is 6.61 Å². The van der Waals surface area contributed by atoms with E-state index in [0.29, 0.717) is 12.3 Å². The third-order valence-electron chi connectivity index (χ3n) is 4.50. The number of hydrogen-bond donors (Lipinski definition) is 2. The van der Waals surface area contributed by atoms with Gasteiger partial charge in [0.15, 0.2) is 0 Å². The van der Waals surface area contributed by atoms with Crippen LogP contribution in [0.2, 0.25) is 0 Å². The maximum Gasteiger partial charge on any atom is 0.267 e. The molecule has 0 aliphatic heterocycles. The lowest BCUT2D eigenvalue weighted by Gasteiger charge is -2.22. The molecule has 0 heterocycles. The minimum absolute atomic E-state index is 0. The second-order valence-electron chi connectivity index (χ2n) is 6.40. The van der Waals surface area contributed by atoms with Crippen LogP contribution in [0.4, 0.5) is 17.1 Å². The van der Waals surface area contributed by atoms with Gasteiger partial charge in [-0.05, 0) is 75.7 Å². The average Bonchev–Trinajstić information content (AvgIpc) is 2.72. The number of aryl methyl sites for hydroxylation is 1. The molecule has 0 spiro atoms. The van der Waals surface area contributed by atoms with E-state index in [-0.39, 0.29) is 18.0 Å². The number of carbonyl (C=O) groups is 1. The maximum absolute atomic E-state index is 12.4. The fourth-order valence-electron chi connectivity index (χ4n) is 2.89. The van der Waals surface area contributed by atoms with Gasteiger partial charge in [0.25, 0.3) is 5.91 Å². The van der Waals surface area contributed by atoms with Crippen molar-refractivity contribution in [3.8, 4) is 11.8 Å². The number of rotatable bonds is 9. The minimum atomic E-state index is -0.471. The molecule has 2 N–H and O–H groups in total. The number of benzene rings is 2. The molecule has 7 heteroatoms. The molecule has 2 aromatic carbocycles. The van der Waals surface area contributed by atoms with E-state index in [4.69, 9.17) is 4.74 Å². The summed E-state index contributed by atoms with van der Waals surface area (Å²) in [5, 5.41) is 15.2. The van der Waals surface area contributed by atoms with Crippen LogP contribution in [0.25, 0.3) is 0 Å². The Hall–Kier alpha value is -3.17. The van der Waals surface area contributed by atoms with Crippen molar-refractivity contribution in [2.75, 3.05) is 35.2 Å². The largest absolute Gasteiger partial charge is 1.00 e. The minimum Gasteiger partial charge on any atom is -1.00 e. The Morgan fingerprint density at radius 1 is 1.13 bits per heavy atom. The number of ether oxygens (including phenoxy) is 1. The first-order chi connectivity index (χ1) is 14.0. The number of hydrogen-bond acceptors (Lipinski definition) is 5. The van der Waals surface area contributed by atoms with Gasteiger partial charge in [-0.25, -0.2) is 0 Å². The summed E-state index contributed by atoms with van der Waals surface area (Å²) in [6.45, 7) is 10.6. The predicted molar refractivity (Wildman–Crippen MR) is 118 cm³/mol. The van der Waals surface area contributed by atoms with Crippen LogP contribution in [0, 0.1) is 18.3 Å². The summed E-state index contributed by atoms with van der Waals surface area (Å²) < 4.78 is 5.38. The van der Waals surface area contributed by atoms with Gasteiger partial charge in [-0.2, -0.15) is 5.26 Å². The summed E-state index contributed by atoms with van der Waals surface area (Å²) in [5.41, 5.74) is 3.62. The Labute approximate surface area is 184 Å². The van der Waals surface area contributed by atoms with Crippen LogP contribution in [-0.4, -0.2) is 25.6 Å². The van der Waals surface area contributed by atoms with Crippen LogP contribution < -0.4 is 32.7 Å². The van der Waals surface area contributed by atoms with Gasteiger partial charge in [0.2, 0.25) is 0 Å². The van der Waals surface area contributed by atoms with E-state index in [2.05, 4.69) is 35.4 Å². The van der Waals surface area contributed by atoms with E-state index < -0.39 is 5.91 Å². The van der Waals surface area contributed by atoms with Crippen molar-refractivity contribution in [2.24, 2.45) is 0 Å². The molecular weight excluding hydrogens is 400 g/mol. The van der Waals surface area contributed by atoms with Crippen molar-refractivity contribution in [1.82, 2.24) is 0 Å². The van der Waals surface area contributed by atoms with Crippen molar-refractivity contribution in [2.45, 2.75) is 27.7 Å². The van der Waals surface area contributed by atoms with E-state index in [1.807, 2.05) is 32.0 Å². The Bertz CT molecular complexity index is 900. The molecule has 0 aromatic heterocycles. The Balaban J connectivity index is 0.00000450. The SMILES string of the molecule is CCOc1ccc(NC(=O)/C(C#N)=C\Nc2ccc(N(CC)CC)cc2C)cc1.[Cl-]. The molecule has 0 saturated carbocycles. The van der Waals surface area contributed by atoms with Gasteiger partial charge in [0.1, 0.15) is 17.4 Å². The molecule has 2 aromatic rings. The van der Waals surface area contributed by atoms with Crippen LogP contribution >= 0.6 is 0 Å². The van der Waals surface area contributed by atoms with Crippen molar-refractivity contribution in [3.63, 3.8) is 0 Å². The van der Waals surface area contributed by atoms with Crippen LogP contribution in [0.3, 0.4) is 0 Å². The highest BCUT2D eigenvalue weighted by Gasteiger charge is 2.10. The fraction of sp³-hybridized carbons (Fsp3) is 0.304. The number of carbonyl (C=O) groups excluding carboxylic acids is 1. The molecule has 0 radical (unpaired) electrons. The van der Waals surface area contributed by atoms with Crippen LogP contribution in [0.15, 0.2) is 54.2 Å². The van der Waals surface area contributed by atoms with Crippen molar-refractivity contribution >= 4 is 23.0 Å². The normalized spacial score (nSPS) is 10.4. The maximum atomic E-state index is 12.4. The monoisotopic (exact) mass is 427 g/mol. The molecule has 0 atom stereocenters. The number of halogens is 1. The lowest BCUT2D eigenvalue weighted by molar-refractivity contribution is -0.112. The second kappa shape index (κ2) is 12.4. The van der Waals surface area contributed by atoms with E-state index in [1.165, 1.54) is 6.20 Å². The lowest BCUT2D eigenvalue weighted by Crippen LogP contribution is -3.00. The van der Waals surface area contributed by atoms with Crippen LogP contribution in [0.5, 0.6) is 5.75 Å². The summed E-state index contributed by atoms with van der Waals surface area (Å²) in [6, 6.07) is 15.0. The quantitative estimate of drug-likeness (QED) is 0.470. The van der Waals surface area contributed by atoms with E-state index in [1.54, 1.807) is 24.3 Å². The zero-order valence-electron chi connectivity index (χ0n) is 17.8. The highest BCUT2D eigenvalue weighted by atomic mass is 35.5. The zero-order valence-corrected chi connectivity index (χ0v) is 18.6. The lowest BCUT2D eigenvalue weighted by atomic mass is 10.1. The number of nitriles is 1. The molecule has 0 fully saturated rings. The van der Waals surface area contributed by atoms with E-state index in [0.717, 1.165) is 35.8 Å². The summed E-state index contributed by atoms with van der Waals surface area (Å²) in [6.07, 6.45) is 1.43.